The van der Waals surface area contributed by atoms with Gasteiger partial charge in [-0.05, 0) is 83.9 Å². The minimum Gasteiger partial charge on any atom is -0.384 e. The van der Waals surface area contributed by atoms with Crippen LogP contribution in [0.2, 0.25) is 0 Å². The molecule has 0 saturated carbocycles. The van der Waals surface area contributed by atoms with Crippen LogP contribution in [0.4, 0.5) is 34.1 Å². The molecule has 0 spiro atoms. The standard InChI is InChI=1S/C37H30N2O/c40-37(29-21-25-35(26-22-29)38(31-13-5-1-6-14-31)32-15-7-2-8-16-32)30-23-27-36(28-24-30)39(33-17-9-3-10-18-33)34-19-11-4-12-20-34/h1-28,37,40H. The highest BCUT2D eigenvalue weighted by molar-refractivity contribution is 5.77. The Balaban J connectivity index is 1.27. The molecule has 3 heteroatoms. The summed E-state index contributed by atoms with van der Waals surface area (Å²) in [6, 6.07) is 57.6. The van der Waals surface area contributed by atoms with Crippen LogP contribution in [-0.4, -0.2) is 5.11 Å². The van der Waals surface area contributed by atoms with Gasteiger partial charge in [0.25, 0.3) is 0 Å². The van der Waals surface area contributed by atoms with Crippen molar-refractivity contribution in [3.63, 3.8) is 0 Å². The van der Waals surface area contributed by atoms with Crippen molar-refractivity contribution in [3.05, 3.63) is 181 Å². The predicted molar refractivity (Wildman–Crippen MR) is 166 cm³/mol. The molecule has 0 aliphatic carbocycles. The Bertz CT molecular complexity index is 1410. The van der Waals surface area contributed by atoms with E-state index in [0.717, 1.165) is 45.3 Å². The zero-order valence-electron chi connectivity index (χ0n) is 22.1. The first-order chi connectivity index (χ1) is 19.8. The summed E-state index contributed by atoms with van der Waals surface area (Å²) < 4.78 is 0. The summed E-state index contributed by atoms with van der Waals surface area (Å²) in [6.45, 7) is 0. The van der Waals surface area contributed by atoms with Crippen molar-refractivity contribution in [1.82, 2.24) is 0 Å². The van der Waals surface area contributed by atoms with E-state index >= 15 is 0 Å². The second kappa shape index (κ2) is 11.7. The van der Waals surface area contributed by atoms with Gasteiger partial charge >= 0.3 is 0 Å². The summed E-state index contributed by atoms with van der Waals surface area (Å²) in [5, 5.41) is 11.3. The molecule has 0 atom stereocenters. The number of nitrogens with zero attached hydrogens (tertiary/aromatic N) is 2. The summed E-state index contributed by atoms with van der Waals surface area (Å²) in [6.07, 6.45) is -0.730. The van der Waals surface area contributed by atoms with Crippen molar-refractivity contribution in [2.24, 2.45) is 0 Å². The molecular formula is C37H30N2O. The van der Waals surface area contributed by atoms with E-state index in [-0.39, 0.29) is 0 Å². The molecule has 0 aliphatic rings. The molecular weight excluding hydrogens is 488 g/mol. The minimum atomic E-state index is -0.730. The van der Waals surface area contributed by atoms with Crippen molar-refractivity contribution >= 4 is 34.1 Å². The lowest BCUT2D eigenvalue weighted by Gasteiger charge is -2.26. The Morgan fingerprint density at radius 3 is 0.775 bits per heavy atom. The Morgan fingerprint density at radius 1 is 0.300 bits per heavy atom. The molecule has 194 valence electrons. The van der Waals surface area contributed by atoms with E-state index in [1.54, 1.807) is 0 Å². The number of anilines is 6. The van der Waals surface area contributed by atoms with Crippen LogP contribution in [0.25, 0.3) is 0 Å². The monoisotopic (exact) mass is 518 g/mol. The zero-order chi connectivity index (χ0) is 27.1. The molecule has 6 aromatic carbocycles. The van der Waals surface area contributed by atoms with E-state index in [2.05, 4.69) is 82.6 Å². The van der Waals surface area contributed by atoms with Gasteiger partial charge in [0.15, 0.2) is 0 Å². The van der Waals surface area contributed by atoms with Gasteiger partial charge in [-0.15, -0.1) is 0 Å². The number of hydrogen-bond acceptors (Lipinski definition) is 3. The number of rotatable bonds is 8. The summed E-state index contributed by atoms with van der Waals surface area (Å²) >= 11 is 0. The Morgan fingerprint density at radius 2 is 0.525 bits per heavy atom. The van der Waals surface area contributed by atoms with Crippen molar-refractivity contribution in [3.8, 4) is 0 Å². The van der Waals surface area contributed by atoms with E-state index in [9.17, 15) is 5.11 Å². The predicted octanol–water partition coefficient (Wildman–Crippen LogP) is 9.71. The molecule has 0 aromatic heterocycles. The smallest absolute Gasteiger partial charge is 0.104 e. The molecule has 6 aromatic rings. The van der Waals surface area contributed by atoms with Crippen LogP contribution in [0.5, 0.6) is 0 Å². The van der Waals surface area contributed by atoms with Crippen LogP contribution >= 0.6 is 0 Å². The second-order valence-corrected chi connectivity index (χ2v) is 9.60. The van der Waals surface area contributed by atoms with Gasteiger partial charge in [0, 0.05) is 34.1 Å². The lowest BCUT2D eigenvalue weighted by Crippen LogP contribution is -2.10. The quantitative estimate of drug-likeness (QED) is 0.217. The molecule has 0 unspecified atom stereocenters. The van der Waals surface area contributed by atoms with Crippen LogP contribution in [0.3, 0.4) is 0 Å². The highest BCUT2D eigenvalue weighted by Crippen LogP contribution is 2.37. The minimum absolute atomic E-state index is 0.730. The molecule has 0 aliphatic heterocycles. The summed E-state index contributed by atoms with van der Waals surface area (Å²) in [7, 11) is 0. The van der Waals surface area contributed by atoms with Crippen LogP contribution < -0.4 is 9.80 Å². The fourth-order valence-corrected chi connectivity index (χ4v) is 5.01. The van der Waals surface area contributed by atoms with Crippen LogP contribution in [0.15, 0.2) is 170 Å². The lowest BCUT2D eigenvalue weighted by atomic mass is 10.0. The highest BCUT2D eigenvalue weighted by Gasteiger charge is 2.16. The molecule has 40 heavy (non-hydrogen) atoms. The van der Waals surface area contributed by atoms with E-state index in [4.69, 9.17) is 0 Å². The molecule has 0 heterocycles. The average molecular weight is 519 g/mol. The normalized spacial score (nSPS) is 10.8. The molecule has 0 radical (unpaired) electrons. The van der Waals surface area contributed by atoms with E-state index in [1.165, 1.54) is 0 Å². The number of hydrogen-bond donors (Lipinski definition) is 1. The summed E-state index contributed by atoms with van der Waals surface area (Å²) in [5.41, 5.74) is 8.09. The third-order valence-corrected chi connectivity index (χ3v) is 6.99. The van der Waals surface area contributed by atoms with Gasteiger partial charge in [-0.25, -0.2) is 0 Å². The van der Waals surface area contributed by atoms with Gasteiger partial charge < -0.3 is 14.9 Å². The third kappa shape index (κ3) is 5.37. The van der Waals surface area contributed by atoms with Crippen molar-refractivity contribution in [2.75, 3.05) is 9.80 Å². The van der Waals surface area contributed by atoms with E-state index < -0.39 is 6.10 Å². The van der Waals surface area contributed by atoms with E-state index in [1.807, 2.05) is 97.1 Å². The maximum Gasteiger partial charge on any atom is 0.104 e. The highest BCUT2D eigenvalue weighted by atomic mass is 16.3. The maximum absolute atomic E-state index is 11.3. The Kier molecular flexibility index (Phi) is 7.38. The fraction of sp³-hybridized carbons (Fsp3) is 0.0270. The molecule has 0 bridgehead atoms. The first kappa shape index (κ1) is 25.2. The van der Waals surface area contributed by atoms with E-state index in [0.29, 0.717) is 0 Å². The SMILES string of the molecule is OC(c1ccc(N(c2ccccc2)c2ccccc2)cc1)c1ccc(N(c2ccccc2)c2ccccc2)cc1. The van der Waals surface area contributed by atoms with Gasteiger partial charge in [0.05, 0.1) is 0 Å². The molecule has 0 fully saturated rings. The van der Waals surface area contributed by atoms with Crippen molar-refractivity contribution in [2.45, 2.75) is 6.10 Å². The van der Waals surface area contributed by atoms with Crippen LogP contribution in [0, 0.1) is 0 Å². The largest absolute Gasteiger partial charge is 0.384 e. The third-order valence-electron chi connectivity index (χ3n) is 6.99. The molecule has 0 amide bonds. The van der Waals surface area contributed by atoms with Crippen LogP contribution in [-0.2, 0) is 0 Å². The van der Waals surface area contributed by atoms with Gasteiger partial charge in [-0.1, -0.05) is 97.1 Å². The summed E-state index contributed by atoms with van der Waals surface area (Å²) in [5.74, 6) is 0. The fourth-order valence-electron chi connectivity index (χ4n) is 5.01. The Labute approximate surface area is 235 Å². The molecule has 3 nitrogen and oxygen atoms in total. The van der Waals surface area contributed by atoms with Crippen molar-refractivity contribution in [1.29, 1.82) is 0 Å². The number of para-hydroxylation sites is 4. The topological polar surface area (TPSA) is 26.7 Å². The molecule has 6 rings (SSSR count). The first-order valence-electron chi connectivity index (χ1n) is 13.5. The number of benzene rings is 6. The average Bonchev–Trinajstić information content (AvgIpc) is 3.04. The first-order valence-corrected chi connectivity index (χ1v) is 13.5. The number of aliphatic hydroxyl groups is 1. The summed E-state index contributed by atoms with van der Waals surface area (Å²) in [4.78, 5) is 4.43. The van der Waals surface area contributed by atoms with Gasteiger partial charge in [0.2, 0.25) is 0 Å². The van der Waals surface area contributed by atoms with Crippen molar-refractivity contribution < 1.29 is 5.11 Å². The van der Waals surface area contributed by atoms with Crippen LogP contribution in [0.1, 0.15) is 17.2 Å². The van der Waals surface area contributed by atoms with Gasteiger partial charge in [0.1, 0.15) is 6.10 Å². The zero-order valence-corrected chi connectivity index (χ0v) is 22.1. The number of aliphatic hydroxyl groups excluding tert-OH is 1. The maximum atomic E-state index is 11.3. The Hall–Kier alpha value is -5.12. The lowest BCUT2D eigenvalue weighted by molar-refractivity contribution is 0.220. The van der Waals surface area contributed by atoms with Gasteiger partial charge in [-0.2, -0.15) is 0 Å². The van der Waals surface area contributed by atoms with Gasteiger partial charge in [-0.3, -0.25) is 0 Å². The molecule has 0 saturated heterocycles. The second-order valence-electron chi connectivity index (χ2n) is 9.60. The molecule has 1 N–H and O–H groups in total.